The van der Waals surface area contributed by atoms with Crippen LogP contribution in [0.2, 0.25) is 0 Å². The van der Waals surface area contributed by atoms with Gasteiger partial charge in [0.1, 0.15) is 4.21 Å². The summed E-state index contributed by atoms with van der Waals surface area (Å²) in [5.41, 5.74) is 0. The van der Waals surface area contributed by atoms with Crippen molar-refractivity contribution in [2.75, 3.05) is 4.72 Å². The first-order valence-corrected chi connectivity index (χ1v) is 9.00. The molecule has 0 amide bonds. The average Bonchev–Trinajstić information content (AvgIpc) is 3.04. The fourth-order valence-electron chi connectivity index (χ4n) is 1.42. The standard InChI is InChI=1S/C12H12N2O4S3/c1-2-8-4-6-11(19-8)21(17,18)14-12-13-7-9(20-12)3-5-10(15)16/h3-7H,2H2,1H3,(H,13,14)(H,15,16). The van der Waals surface area contributed by atoms with Crippen LogP contribution in [0, 0.1) is 0 Å². The van der Waals surface area contributed by atoms with Gasteiger partial charge in [0.25, 0.3) is 10.0 Å². The van der Waals surface area contributed by atoms with E-state index in [1.807, 2.05) is 6.92 Å². The van der Waals surface area contributed by atoms with E-state index in [1.54, 1.807) is 12.1 Å². The molecule has 0 bridgehead atoms. The first-order chi connectivity index (χ1) is 9.90. The third-order valence-electron chi connectivity index (χ3n) is 2.39. The lowest BCUT2D eigenvalue weighted by atomic mass is 10.4. The van der Waals surface area contributed by atoms with Crippen LogP contribution >= 0.6 is 22.7 Å². The summed E-state index contributed by atoms with van der Waals surface area (Å²) in [5.74, 6) is -1.07. The number of sulfonamides is 1. The first kappa shape index (κ1) is 15.7. The largest absolute Gasteiger partial charge is 0.478 e. The number of anilines is 1. The van der Waals surface area contributed by atoms with Crippen LogP contribution in [-0.4, -0.2) is 24.5 Å². The van der Waals surface area contributed by atoms with Crippen molar-refractivity contribution >= 4 is 49.9 Å². The normalized spacial score (nSPS) is 11.9. The molecule has 0 fully saturated rings. The third-order valence-corrected chi connectivity index (χ3v) is 6.45. The molecule has 21 heavy (non-hydrogen) atoms. The SMILES string of the molecule is CCc1ccc(S(=O)(=O)Nc2ncc(C=CC(=O)O)s2)s1. The van der Waals surface area contributed by atoms with E-state index in [4.69, 9.17) is 5.11 Å². The van der Waals surface area contributed by atoms with E-state index in [0.29, 0.717) is 4.88 Å². The Bertz CT molecular complexity index is 774. The second kappa shape index (κ2) is 6.37. The summed E-state index contributed by atoms with van der Waals surface area (Å²) in [6, 6.07) is 3.34. The number of nitrogens with zero attached hydrogens (tertiary/aromatic N) is 1. The van der Waals surface area contributed by atoms with Crippen molar-refractivity contribution < 1.29 is 18.3 Å². The predicted molar refractivity (Wildman–Crippen MR) is 83.3 cm³/mol. The molecule has 2 heterocycles. The molecule has 6 nitrogen and oxygen atoms in total. The summed E-state index contributed by atoms with van der Waals surface area (Å²) in [7, 11) is -3.64. The van der Waals surface area contributed by atoms with Crippen molar-refractivity contribution in [3.8, 4) is 0 Å². The van der Waals surface area contributed by atoms with Crippen LogP contribution in [0.15, 0.2) is 28.6 Å². The van der Waals surface area contributed by atoms with E-state index in [9.17, 15) is 13.2 Å². The molecule has 0 aliphatic rings. The zero-order chi connectivity index (χ0) is 15.5. The van der Waals surface area contributed by atoms with Crippen LogP contribution in [0.3, 0.4) is 0 Å². The van der Waals surface area contributed by atoms with Crippen LogP contribution in [0.25, 0.3) is 6.08 Å². The molecule has 112 valence electrons. The smallest absolute Gasteiger partial charge is 0.328 e. The maximum atomic E-state index is 12.2. The van der Waals surface area contributed by atoms with Gasteiger partial charge in [0.2, 0.25) is 0 Å². The summed E-state index contributed by atoms with van der Waals surface area (Å²) >= 11 is 2.28. The van der Waals surface area contributed by atoms with Gasteiger partial charge in [-0.15, -0.1) is 11.3 Å². The molecule has 2 aromatic rings. The Labute approximate surface area is 129 Å². The number of thiazole rings is 1. The molecule has 2 aromatic heterocycles. The Morgan fingerprint density at radius 3 is 2.81 bits per heavy atom. The highest BCUT2D eigenvalue weighted by Gasteiger charge is 2.18. The van der Waals surface area contributed by atoms with Crippen LogP contribution in [0.5, 0.6) is 0 Å². The van der Waals surface area contributed by atoms with Gasteiger partial charge < -0.3 is 5.11 Å². The number of nitrogens with one attached hydrogen (secondary N) is 1. The highest BCUT2D eigenvalue weighted by Crippen LogP contribution is 2.26. The Hall–Kier alpha value is -1.71. The van der Waals surface area contributed by atoms with Crippen molar-refractivity contribution in [3.05, 3.63) is 34.2 Å². The lowest BCUT2D eigenvalue weighted by Crippen LogP contribution is -2.10. The van der Waals surface area contributed by atoms with Crippen LogP contribution < -0.4 is 4.72 Å². The number of carboxylic acid groups (broad SMARTS) is 1. The number of aryl methyl sites for hydroxylation is 1. The van der Waals surface area contributed by atoms with Crippen molar-refractivity contribution in [1.82, 2.24) is 4.98 Å². The molecule has 0 radical (unpaired) electrons. The van der Waals surface area contributed by atoms with Gasteiger partial charge >= 0.3 is 5.97 Å². The molecule has 0 atom stereocenters. The summed E-state index contributed by atoms with van der Waals surface area (Å²) in [6.45, 7) is 1.96. The zero-order valence-corrected chi connectivity index (χ0v) is 13.4. The molecule has 9 heteroatoms. The van der Waals surface area contributed by atoms with Gasteiger partial charge in [0.15, 0.2) is 5.13 Å². The number of hydrogen-bond acceptors (Lipinski definition) is 6. The minimum absolute atomic E-state index is 0.200. The van der Waals surface area contributed by atoms with E-state index in [2.05, 4.69) is 9.71 Å². The number of hydrogen-bond donors (Lipinski definition) is 2. The summed E-state index contributed by atoms with van der Waals surface area (Å²) in [5, 5.41) is 8.73. The fourth-order valence-corrected chi connectivity index (χ4v) is 4.68. The monoisotopic (exact) mass is 344 g/mol. The lowest BCUT2D eigenvalue weighted by Gasteiger charge is -2.01. The second-order valence-corrected chi connectivity index (χ2v) is 8.06. The maximum absolute atomic E-state index is 12.2. The van der Waals surface area contributed by atoms with Crippen LogP contribution in [0.1, 0.15) is 16.7 Å². The zero-order valence-electron chi connectivity index (χ0n) is 10.9. The molecular formula is C12H12N2O4S3. The second-order valence-electron chi connectivity index (χ2n) is 3.92. The Balaban J connectivity index is 2.15. The Morgan fingerprint density at radius 2 is 2.19 bits per heavy atom. The van der Waals surface area contributed by atoms with E-state index in [1.165, 1.54) is 23.6 Å². The number of carbonyl (C=O) groups is 1. The topological polar surface area (TPSA) is 96.4 Å². The molecule has 2 N–H and O–H groups in total. The number of aromatic nitrogens is 1. The molecule has 0 spiro atoms. The van der Waals surface area contributed by atoms with Crippen molar-refractivity contribution in [2.24, 2.45) is 0 Å². The van der Waals surface area contributed by atoms with Gasteiger partial charge in [-0.05, 0) is 24.6 Å². The van der Waals surface area contributed by atoms with Gasteiger partial charge in [0, 0.05) is 22.0 Å². The van der Waals surface area contributed by atoms with Crippen LogP contribution in [0.4, 0.5) is 5.13 Å². The Morgan fingerprint density at radius 1 is 1.43 bits per heavy atom. The summed E-state index contributed by atoms with van der Waals surface area (Å²) in [4.78, 5) is 15.9. The molecule has 0 aromatic carbocycles. The highest BCUT2D eigenvalue weighted by molar-refractivity contribution is 7.94. The quantitative estimate of drug-likeness (QED) is 0.785. The van der Waals surface area contributed by atoms with Crippen molar-refractivity contribution in [1.29, 1.82) is 0 Å². The van der Waals surface area contributed by atoms with E-state index < -0.39 is 16.0 Å². The minimum atomic E-state index is -3.64. The molecule has 0 unspecified atom stereocenters. The third kappa shape index (κ3) is 4.13. The molecule has 0 aliphatic carbocycles. The first-order valence-electron chi connectivity index (χ1n) is 5.89. The summed E-state index contributed by atoms with van der Waals surface area (Å²) in [6.07, 6.45) is 4.52. The van der Waals surface area contributed by atoms with Gasteiger partial charge in [0.05, 0.1) is 0 Å². The van der Waals surface area contributed by atoms with Gasteiger partial charge in [-0.25, -0.2) is 18.2 Å². The average molecular weight is 344 g/mol. The lowest BCUT2D eigenvalue weighted by molar-refractivity contribution is -0.131. The highest BCUT2D eigenvalue weighted by atomic mass is 32.2. The van der Waals surface area contributed by atoms with Gasteiger partial charge in [-0.1, -0.05) is 18.3 Å². The molecule has 0 aliphatic heterocycles. The molecule has 2 rings (SSSR count). The van der Waals surface area contributed by atoms with Gasteiger partial charge in [-0.2, -0.15) is 0 Å². The van der Waals surface area contributed by atoms with Crippen LogP contribution in [-0.2, 0) is 21.2 Å². The number of aliphatic carboxylic acids is 1. The fraction of sp³-hybridized carbons (Fsp3) is 0.167. The van der Waals surface area contributed by atoms with E-state index in [0.717, 1.165) is 28.7 Å². The van der Waals surface area contributed by atoms with Gasteiger partial charge in [-0.3, -0.25) is 4.72 Å². The summed E-state index contributed by atoms with van der Waals surface area (Å²) < 4.78 is 26.9. The number of thiophene rings is 1. The van der Waals surface area contributed by atoms with E-state index >= 15 is 0 Å². The van der Waals surface area contributed by atoms with Crippen molar-refractivity contribution in [2.45, 2.75) is 17.6 Å². The minimum Gasteiger partial charge on any atom is -0.478 e. The maximum Gasteiger partial charge on any atom is 0.328 e. The molecule has 0 saturated heterocycles. The van der Waals surface area contributed by atoms with Crippen molar-refractivity contribution in [3.63, 3.8) is 0 Å². The molecule has 0 saturated carbocycles. The number of carboxylic acids is 1. The number of rotatable bonds is 6. The van der Waals surface area contributed by atoms with E-state index in [-0.39, 0.29) is 9.34 Å². The predicted octanol–water partition coefficient (Wildman–Crippen LogP) is 2.67. The Kier molecular flexibility index (Phi) is 4.76. The molecular weight excluding hydrogens is 332 g/mol.